The minimum atomic E-state index is -1.07. The number of furan rings is 1. The first-order valence-corrected chi connectivity index (χ1v) is 8.91. The molecule has 6 nitrogen and oxygen atoms in total. The van der Waals surface area contributed by atoms with E-state index >= 15 is 0 Å². The summed E-state index contributed by atoms with van der Waals surface area (Å²) in [6, 6.07) is 9.48. The number of H-pyrrole nitrogens is 1. The number of carboxylic acids is 1. The topological polar surface area (TPSA) is 92.0 Å². The zero-order chi connectivity index (χ0) is 18.0. The Bertz CT molecular complexity index is 962. The lowest BCUT2D eigenvalue weighted by molar-refractivity contribution is -0.131. The van der Waals surface area contributed by atoms with Crippen molar-refractivity contribution in [2.75, 3.05) is 0 Å². The maximum absolute atomic E-state index is 11.5. The Hall–Kier alpha value is -2.32. The van der Waals surface area contributed by atoms with Gasteiger partial charge in [0.2, 0.25) is 5.16 Å². The number of aromatic nitrogens is 3. The van der Waals surface area contributed by atoms with Crippen LogP contribution in [0.3, 0.4) is 0 Å². The molecular formula is C17H14BrN3O3S. The average molecular weight is 420 g/mol. The third-order valence-corrected chi connectivity index (χ3v) is 4.81. The van der Waals surface area contributed by atoms with Crippen LogP contribution in [0.1, 0.15) is 17.1 Å². The van der Waals surface area contributed by atoms with Crippen LogP contribution in [-0.4, -0.2) is 26.3 Å². The molecule has 0 fully saturated rings. The van der Waals surface area contributed by atoms with Gasteiger partial charge in [-0.1, -0.05) is 22.0 Å². The van der Waals surface area contributed by atoms with Crippen molar-refractivity contribution in [1.29, 1.82) is 0 Å². The summed E-state index contributed by atoms with van der Waals surface area (Å²) in [5.74, 6) is 0.653. The summed E-state index contributed by atoms with van der Waals surface area (Å²) in [5, 5.41) is 16.4. The van der Waals surface area contributed by atoms with Crippen LogP contribution >= 0.6 is 27.7 Å². The van der Waals surface area contributed by atoms with Crippen molar-refractivity contribution in [3.63, 3.8) is 0 Å². The van der Waals surface area contributed by atoms with E-state index in [1.165, 1.54) is 6.08 Å². The van der Waals surface area contributed by atoms with E-state index < -0.39 is 5.97 Å². The Morgan fingerprint density at radius 1 is 1.32 bits per heavy atom. The van der Waals surface area contributed by atoms with Crippen molar-refractivity contribution in [3.05, 3.63) is 56.9 Å². The molecule has 0 atom stereocenters. The summed E-state index contributed by atoms with van der Waals surface area (Å²) in [6.07, 6.45) is 1.46. The highest BCUT2D eigenvalue weighted by Gasteiger charge is 2.15. The largest absolute Gasteiger partial charge is 0.477 e. The van der Waals surface area contributed by atoms with Gasteiger partial charge in [0, 0.05) is 16.1 Å². The molecule has 2 N–H and O–H groups in total. The van der Waals surface area contributed by atoms with E-state index in [4.69, 9.17) is 4.42 Å². The second-order valence-corrected chi connectivity index (χ2v) is 7.17. The number of carbonyl (C=O) groups is 1. The van der Waals surface area contributed by atoms with Crippen molar-refractivity contribution in [1.82, 2.24) is 15.2 Å². The molecule has 0 aliphatic heterocycles. The number of aliphatic carboxylic acids is 1. The fourth-order valence-corrected chi connectivity index (χ4v) is 3.55. The molecule has 2 heterocycles. The van der Waals surface area contributed by atoms with E-state index in [1.807, 2.05) is 31.2 Å². The highest BCUT2D eigenvalue weighted by atomic mass is 79.9. The first-order valence-electron chi connectivity index (χ1n) is 7.30. The number of aryl methyl sites for hydroxylation is 2. The molecule has 0 saturated carbocycles. The van der Waals surface area contributed by atoms with Gasteiger partial charge in [-0.05, 0) is 55.4 Å². The van der Waals surface area contributed by atoms with E-state index in [9.17, 15) is 9.90 Å². The predicted octanol–water partition coefficient (Wildman–Crippen LogP) is 4.66. The van der Waals surface area contributed by atoms with Gasteiger partial charge in [-0.25, -0.2) is 9.78 Å². The minimum absolute atomic E-state index is 0.0721. The van der Waals surface area contributed by atoms with Crippen LogP contribution in [0.2, 0.25) is 0 Å². The number of benzene rings is 1. The molecule has 8 heteroatoms. The quantitative estimate of drug-likeness (QED) is 0.461. The van der Waals surface area contributed by atoms with Crippen LogP contribution < -0.4 is 0 Å². The zero-order valence-electron chi connectivity index (χ0n) is 13.4. The number of hydrogen-bond donors (Lipinski definition) is 2. The number of hydrogen-bond acceptors (Lipinski definition) is 5. The van der Waals surface area contributed by atoms with Crippen LogP contribution in [-0.2, 0) is 4.79 Å². The number of rotatable bonds is 5. The molecule has 1 aromatic carbocycles. The standard InChI is InChI=1S/C17H14BrN3O3S/c1-9-3-5-12(13(18)7-9)14-6-4-11(24-14)8-15(16(22)23)25-17-19-10(2)20-21-17/h3-8H,1-2H3,(H,22,23)(H,19,20,21)/b15-8-. The number of halogens is 1. The maximum atomic E-state index is 11.5. The van der Waals surface area contributed by atoms with Crippen molar-refractivity contribution < 1.29 is 14.3 Å². The monoisotopic (exact) mass is 419 g/mol. The number of nitrogens with zero attached hydrogens (tertiary/aromatic N) is 2. The Morgan fingerprint density at radius 3 is 2.76 bits per heavy atom. The Labute approximate surface area is 156 Å². The SMILES string of the molecule is Cc1ccc(-c2ccc(/C=C(\Sc3n[nH]c(C)n3)C(=O)O)o2)c(Br)c1. The summed E-state index contributed by atoms with van der Waals surface area (Å²) in [5.41, 5.74) is 2.04. The summed E-state index contributed by atoms with van der Waals surface area (Å²) in [4.78, 5) is 15.7. The molecule has 0 amide bonds. The number of thioether (sulfide) groups is 1. The lowest BCUT2D eigenvalue weighted by atomic mass is 10.1. The lowest BCUT2D eigenvalue weighted by Crippen LogP contribution is -1.97. The number of aromatic amines is 1. The molecule has 0 spiro atoms. The first-order chi connectivity index (χ1) is 11.9. The molecule has 0 unspecified atom stereocenters. The zero-order valence-corrected chi connectivity index (χ0v) is 15.8. The minimum Gasteiger partial charge on any atom is -0.477 e. The molecule has 25 heavy (non-hydrogen) atoms. The van der Waals surface area contributed by atoms with Crippen molar-refractivity contribution in [3.8, 4) is 11.3 Å². The predicted molar refractivity (Wildman–Crippen MR) is 99.2 cm³/mol. The van der Waals surface area contributed by atoms with E-state index in [1.54, 1.807) is 13.0 Å². The molecule has 0 bridgehead atoms. The van der Waals surface area contributed by atoms with Gasteiger partial charge in [0.05, 0.1) is 0 Å². The third-order valence-electron chi connectivity index (χ3n) is 3.28. The first kappa shape index (κ1) is 17.5. The summed E-state index contributed by atoms with van der Waals surface area (Å²) in [7, 11) is 0. The van der Waals surface area contributed by atoms with Crippen LogP contribution in [0.4, 0.5) is 0 Å². The fourth-order valence-electron chi connectivity index (χ4n) is 2.13. The van der Waals surface area contributed by atoms with Crippen LogP contribution in [0, 0.1) is 13.8 Å². The Balaban J connectivity index is 1.88. The van der Waals surface area contributed by atoms with Gasteiger partial charge in [0.25, 0.3) is 0 Å². The molecule has 3 aromatic rings. The van der Waals surface area contributed by atoms with Gasteiger partial charge in [-0.3, -0.25) is 5.10 Å². The molecule has 0 radical (unpaired) electrons. The van der Waals surface area contributed by atoms with E-state index in [2.05, 4.69) is 31.1 Å². The van der Waals surface area contributed by atoms with Gasteiger partial charge >= 0.3 is 5.97 Å². The second kappa shape index (κ2) is 7.28. The summed E-state index contributed by atoms with van der Waals surface area (Å²) in [6.45, 7) is 3.76. The Morgan fingerprint density at radius 2 is 2.12 bits per heavy atom. The second-order valence-electron chi connectivity index (χ2n) is 5.30. The van der Waals surface area contributed by atoms with Crippen LogP contribution in [0.25, 0.3) is 17.4 Å². The van der Waals surface area contributed by atoms with Crippen molar-refractivity contribution in [2.45, 2.75) is 19.0 Å². The van der Waals surface area contributed by atoms with E-state index in [-0.39, 0.29) is 4.91 Å². The molecule has 0 aliphatic rings. The average Bonchev–Trinajstić information content (AvgIpc) is 3.16. The van der Waals surface area contributed by atoms with Crippen molar-refractivity contribution >= 4 is 39.7 Å². The van der Waals surface area contributed by atoms with E-state index in [0.717, 1.165) is 27.4 Å². The summed E-state index contributed by atoms with van der Waals surface area (Å²) >= 11 is 4.48. The fraction of sp³-hybridized carbons (Fsp3) is 0.118. The lowest BCUT2D eigenvalue weighted by Gasteiger charge is -2.02. The highest BCUT2D eigenvalue weighted by molar-refractivity contribution is 9.10. The van der Waals surface area contributed by atoms with Gasteiger partial charge in [0.1, 0.15) is 22.3 Å². The van der Waals surface area contributed by atoms with Gasteiger partial charge < -0.3 is 9.52 Å². The van der Waals surface area contributed by atoms with E-state index in [0.29, 0.717) is 22.5 Å². The molecule has 2 aromatic heterocycles. The normalized spacial score (nSPS) is 11.7. The smallest absolute Gasteiger partial charge is 0.342 e. The van der Waals surface area contributed by atoms with Crippen LogP contribution in [0.5, 0.6) is 0 Å². The molecule has 3 rings (SSSR count). The van der Waals surface area contributed by atoms with Crippen LogP contribution in [0.15, 0.2) is 49.3 Å². The van der Waals surface area contributed by atoms with Gasteiger partial charge in [-0.2, -0.15) is 0 Å². The Kier molecular flexibility index (Phi) is 5.10. The number of nitrogens with one attached hydrogen (secondary N) is 1. The molecule has 0 aliphatic carbocycles. The number of carboxylic acid groups (broad SMARTS) is 1. The molecular weight excluding hydrogens is 406 g/mol. The molecule has 0 saturated heterocycles. The van der Waals surface area contributed by atoms with Gasteiger partial charge in [0.15, 0.2) is 0 Å². The van der Waals surface area contributed by atoms with Gasteiger partial charge in [-0.15, -0.1) is 5.10 Å². The molecule has 128 valence electrons. The van der Waals surface area contributed by atoms with Crippen molar-refractivity contribution in [2.24, 2.45) is 0 Å². The maximum Gasteiger partial charge on any atom is 0.342 e. The highest BCUT2D eigenvalue weighted by Crippen LogP contribution is 2.32. The third kappa shape index (κ3) is 4.21. The summed E-state index contributed by atoms with van der Waals surface area (Å²) < 4.78 is 6.70.